The van der Waals surface area contributed by atoms with E-state index in [0.29, 0.717) is 0 Å². The summed E-state index contributed by atoms with van der Waals surface area (Å²) in [5.41, 5.74) is 0. The van der Waals surface area contributed by atoms with Gasteiger partial charge in [0.05, 0.1) is 0 Å². The molecule has 0 radical (unpaired) electrons. The zero-order chi connectivity index (χ0) is 15.6. The summed E-state index contributed by atoms with van der Waals surface area (Å²) in [7, 11) is 4.34. The van der Waals surface area contributed by atoms with E-state index in [-0.39, 0.29) is 31.0 Å². The summed E-state index contributed by atoms with van der Waals surface area (Å²) in [6.07, 6.45) is 23.3. The van der Waals surface area contributed by atoms with Gasteiger partial charge in [-0.3, -0.25) is 0 Å². The van der Waals surface area contributed by atoms with E-state index in [0.717, 1.165) is 0 Å². The summed E-state index contributed by atoms with van der Waals surface area (Å²) in [6, 6.07) is 0. The van der Waals surface area contributed by atoms with Crippen LogP contribution in [0.5, 0.6) is 0 Å². The topological polar surface area (TPSA) is 3.24 Å². The molecule has 0 aromatic rings. The maximum Gasteiger partial charge on any atom is 1.00 e. The van der Waals surface area contributed by atoms with Crippen molar-refractivity contribution in [3.05, 3.63) is 0 Å². The van der Waals surface area contributed by atoms with Crippen molar-refractivity contribution in [1.29, 1.82) is 0 Å². The smallest absolute Gasteiger partial charge is 1.00 e. The molecule has 0 heterocycles. The van der Waals surface area contributed by atoms with Gasteiger partial charge in [0.25, 0.3) is 0 Å². The van der Waals surface area contributed by atoms with Crippen molar-refractivity contribution >= 4 is 0 Å². The molecule has 1 nitrogen and oxygen atoms in total. The Morgan fingerprint density at radius 1 is 0.500 bits per heavy atom. The molecule has 0 amide bonds. The second-order valence-electron chi connectivity index (χ2n) is 7.11. The van der Waals surface area contributed by atoms with E-state index in [1.54, 1.807) is 0 Å². The van der Waals surface area contributed by atoms with Crippen LogP contribution in [-0.2, 0) is 0 Å². The van der Waals surface area contributed by atoms with Gasteiger partial charge in [0.1, 0.15) is 0 Å². The predicted molar refractivity (Wildman–Crippen MR) is 99.2 cm³/mol. The van der Waals surface area contributed by atoms with Gasteiger partial charge < -0.3 is 6.33 Å². The van der Waals surface area contributed by atoms with Crippen molar-refractivity contribution in [1.82, 2.24) is 4.90 Å². The Bertz CT molecular complexity index is 188. The quantitative estimate of drug-likeness (QED) is 0.290. The number of rotatable bonds is 17. The molecule has 0 unspecified atom stereocenters. The fourth-order valence-electron chi connectivity index (χ4n) is 2.98. The van der Waals surface area contributed by atoms with Gasteiger partial charge in [0.2, 0.25) is 0 Å². The summed E-state index contributed by atoms with van der Waals surface area (Å²) < 4.78 is 0. The van der Waals surface area contributed by atoms with E-state index in [1.807, 2.05) is 0 Å². The first-order chi connectivity index (χ1) is 10.3. The predicted octanol–water partition coefficient (Wildman–Crippen LogP) is 3.93. The Hall–Kier alpha value is 0.960. The average molecular weight is 322 g/mol. The fraction of sp³-hybridized carbons (Fsp3) is 1.00. The normalized spacial score (nSPS) is 10.9. The SMILES string of the molecule is CCCCCCCCCCCCCCCCCCN(C)C.[H-].[Na+]. The molecule has 0 aromatic heterocycles. The standard InChI is InChI=1S/C20H43N.Na.H/c1-4-5-6-7-8-9-10-11-12-13-14-15-16-17-18-19-20-21(2)3;;/h4-20H2,1-3H3;;/q;+1;-1. The maximum atomic E-state index is 2.30. The van der Waals surface area contributed by atoms with Gasteiger partial charge in [0.15, 0.2) is 0 Å². The minimum absolute atomic E-state index is 0. The third-order valence-corrected chi connectivity index (χ3v) is 4.46. The van der Waals surface area contributed by atoms with Crippen LogP contribution in [0.25, 0.3) is 0 Å². The summed E-state index contributed by atoms with van der Waals surface area (Å²) in [5.74, 6) is 0. The Kier molecular flexibility index (Phi) is 25.2. The molecule has 0 atom stereocenters. The average Bonchev–Trinajstić information content (AvgIpc) is 2.46. The van der Waals surface area contributed by atoms with E-state index < -0.39 is 0 Å². The second-order valence-corrected chi connectivity index (χ2v) is 7.11. The minimum Gasteiger partial charge on any atom is -1.00 e. The van der Waals surface area contributed by atoms with Gasteiger partial charge in [-0.05, 0) is 27.1 Å². The molecule has 0 aliphatic heterocycles. The number of hydrogen-bond donors (Lipinski definition) is 0. The van der Waals surface area contributed by atoms with Crippen LogP contribution in [0.4, 0.5) is 0 Å². The van der Waals surface area contributed by atoms with Crippen LogP contribution < -0.4 is 29.6 Å². The molecule has 0 aromatic carbocycles. The van der Waals surface area contributed by atoms with Crippen molar-refractivity contribution in [2.45, 2.75) is 110 Å². The van der Waals surface area contributed by atoms with Gasteiger partial charge in [0, 0.05) is 0 Å². The first kappa shape index (κ1) is 25.2. The third kappa shape index (κ3) is 23.2. The molecule has 22 heavy (non-hydrogen) atoms. The molecule has 0 fully saturated rings. The third-order valence-electron chi connectivity index (χ3n) is 4.46. The second kappa shape index (κ2) is 22.0. The Balaban J connectivity index is -0.00000200. The summed E-state index contributed by atoms with van der Waals surface area (Å²) in [4.78, 5) is 2.30. The van der Waals surface area contributed by atoms with Gasteiger partial charge >= 0.3 is 29.6 Å². The molecule has 0 spiro atoms. The van der Waals surface area contributed by atoms with Gasteiger partial charge in [-0.2, -0.15) is 0 Å². The first-order valence-electron chi connectivity index (χ1n) is 9.92. The maximum absolute atomic E-state index is 2.30. The Morgan fingerprint density at radius 2 is 0.773 bits per heavy atom. The number of unbranched alkanes of at least 4 members (excludes halogenated alkanes) is 15. The van der Waals surface area contributed by atoms with Crippen LogP contribution in [0, 0.1) is 0 Å². The van der Waals surface area contributed by atoms with Crippen molar-refractivity contribution in [3.63, 3.8) is 0 Å². The Morgan fingerprint density at radius 3 is 1.05 bits per heavy atom. The van der Waals surface area contributed by atoms with Gasteiger partial charge in [-0.25, -0.2) is 0 Å². The fourth-order valence-corrected chi connectivity index (χ4v) is 2.98. The van der Waals surface area contributed by atoms with E-state index >= 15 is 0 Å². The minimum atomic E-state index is 0. The molecular formula is C20H44NNa. The monoisotopic (exact) mass is 321 g/mol. The van der Waals surface area contributed by atoms with Gasteiger partial charge in [-0.1, -0.05) is 103 Å². The van der Waals surface area contributed by atoms with Crippen molar-refractivity contribution in [2.24, 2.45) is 0 Å². The van der Waals surface area contributed by atoms with Crippen LogP contribution >= 0.6 is 0 Å². The van der Waals surface area contributed by atoms with Crippen LogP contribution in [0.2, 0.25) is 0 Å². The molecule has 0 bridgehead atoms. The number of hydrogen-bond acceptors (Lipinski definition) is 1. The van der Waals surface area contributed by atoms with Crippen LogP contribution in [0.3, 0.4) is 0 Å². The first-order valence-corrected chi connectivity index (χ1v) is 9.92. The molecule has 0 rings (SSSR count). The molecule has 0 aliphatic rings. The van der Waals surface area contributed by atoms with E-state index in [4.69, 9.17) is 0 Å². The number of nitrogens with zero attached hydrogens (tertiary/aromatic N) is 1. The molecule has 0 aliphatic carbocycles. The summed E-state index contributed by atoms with van der Waals surface area (Å²) in [6.45, 7) is 3.56. The molecule has 0 saturated heterocycles. The van der Waals surface area contributed by atoms with Gasteiger partial charge in [-0.15, -0.1) is 0 Å². The van der Waals surface area contributed by atoms with Crippen molar-refractivity contribution in [3.8, 4) is 0 Å². The largest absolute Gasteiger partial charge is 1.00 e. The van der Waals surface area contributed by atoms with Crippen LogP contribution in [0.15, 0.2) is 0 Å². The van der Waals surface area contributed by atoms with Crippen molar-refractivity contribution < 1.29 is 31.0 Å². The van der Waals surface area contributed by atoms with Crippen molar-refractivity contribution in [2.75, 3.05) is 20.6 Å². The van der Waals surface area contributed by atoms with E-state index in [9.17, 15) is 0 Å². The zero-order valence-corrected chi connectivity index (χ0v) is 18.5. The van der Waals surface area contributed by atoms with E-state index in [1.165, 1.54) is 109 Å². The molecule has 130 valence electrons. The summed E-state index contributed by atoms with van der Waals surface area (Å²) in [5, 5.41) is 0. The Labute approximate surface area is 165 Å². The molecular weight excluding hydrogens is 277 g/mol. The van der Waals surface area contributed by atoms with Crippen LogP contribution in [0.1, 0.15) is 111 Å². The molecule has 0 N–H and O–H groups in total. The van der Waals surface area contributed by atoms with Crippen LogP contribution in [-0.4, -0.2) is 25.5 Å². The zero-order valence-electron chi connectivity index (χ0n) is 17.5. The summed E-state index contributed by atoms with van der Waals surface area (Å²) >= 11 is 0. The van der Waals surface area contributed by atoms with E-state index in [2.05, 4.69) is 25.9 Å². The molecule has 0 saturated carbocycles. The molecule has 2 heteroatoms.